The van der Waals surface area contributed by atoms with Crippen molar-refractivity contribution in [3.8, 4) is 0 Å². The quantitative estimate of drug-likeness (QED) is 0.549. The number of aromatic nitrogens is 2. The molecule has 0 saturated carbocycles. The van der Waals surface area contributed by atoms with Crippen LogP contribution in [0.25, 0.3) is 10.9 Å². The Morgan fingerprint density at radius 1 is 1.21 bits per heavy atom. The van der Waals surface area contributed by atoms with E-state index < -0.39 is 0 Å². The molecule has 1 unspecified atom stereocenters. The minimum atomic E-state index is 0.425. The molecule has 1 heterocycles. The van der Waals surface area contributed by atoms with Gasteiger partial charge < -0.3 is 5.32 Å². The average Bonchev–Trinajstić information content (AvgIpc) is 2.46. The number of rotatable bonds is 6. The maximum absolute atomic E-state index is 5.43. The molecular formula is C14H21N5. The molecule has 0 spiro atoms. The molecule has 1 aromatic heterocycles. The van der Waals surface area contributed by atoms with E-state index in [1.54, 1.807) is 0 Å². The summed E-state index contributed by atoms with van der Waals surface area (Å²) in [5, 5.41) is 4.52. The molecule has 0 radical (unpaired) electrons. The minimum absolute atomic E-state index is 0.425. The van der Waals surface area contributed by atoms with Crippen LogP contribution in [0, 0.1) is 0 Å². The summed E-state index contributed by atoms with van der Waals surface area (Å²) in [6, 6.07) is 8.37. The summed E-state index contributed by atoms with van der Waals surface area (Å²) in [4.78, 5) is 8.78. The van der Waals surface area contributed by atoms with E-state index in [0.717, 1.165) is 36.0 Å². The molecule has 2 rings (SSSR count). The van der Waals surface area contributed by atoms with Crippen LogP contribution < -0.4 is 16.6 Å². The van der Waals surface area contributed by atoms with Gasteiger partial charge in [0, 0.05) is 11.4 Å². The van der Waals surface area contributed by atoms with E-state index in [4.69, 9.17) is 5.84 Å². The van der Waals surface area contributed by atoms with Crippen molar-refractivity contribution < 1.29 is 0 Å². The number of hydrogen-bond donors (Lipinski definition) is 3. The van der Waals surface area contributed by atoms with Gasteiger partial charge in [-0.2, -0.15) is 4.98 Å². The van der Waals surface area contributed by atoms with E-state index >= 15 is 0 Å². The van der Waals surface area contributed by atoms with Gasteiger partial charge >= 0.3 is 0 Å². The number of fused-ring (bicyclic) bond motifs is 1. The molecule has 5 nitrogen and oxygen atoms in total. The van der Waals surface area contributed by atoms with Gasteiger partial charge in [0.1, 0.15) is 5.82 Å². The number of nitrogen functional groups attached to an aromatic ring is 1. The summed E-state index contributed by atoms with van der Waals surface area (Å²) >= 11 is 0. The van der Waals surface area contributed by atoms with Crippen molar-refractivity contribution >= 4 is 22.7 Å². The molecule has 5 heteroatoms. The predicted octanol–water partition coefficient (Wildman–Crippen LogP) is 2.91. The SMILES string of the molecule is CCCC(CC)Nc1nc(NN)nc2ccccc12. The predicted molar refractivity (Wildman–Crippen MR) is 80.0 cm³/mol. The smallest absolute Gasteiger partial charge is 0.239 e. The molecule has 2 aromatic rings. The van der Waals surface area contributed by atoms with Crippen molar-refractivity contribution in [3.63, 3.8) is 0 Å². The fourth-order valence-electron chi connectivity index (χ4n) is 2.17. The minimum Gasteiger partial charge on any atom is -0.367 e. The van der Waals surface area contributed by atoms with Crippen molar-refractivity contribution in [3.05, 3.63) is 24.3 Å². The number of nitrogens with zero attached hydrogens (tertiary/aromatic N) is 2. The zero-order chi connectivity index (χ0) is 13.7. The molecular weight excluding hydrogens is 238 g/mol. The first-order valence-corrected chi connectivity index (χ1v) is 6.78. The highest BCUT2D eigenvalue weighted by Gasteiger charge is 2.10. The Kier molecular flexibility index (Phi) is 4.52. The van der Waals surface area contributed by atoms with Crippen molar-refractivity contribution in [1.29, 1.82) is 0 Å². The van der Waals surface area contributed by atoms with E-state index in [9.17, 15) is 0 Å². The van der Waals surface area contributed by atoms with E-state index in [-0.39, 0.29) is 0 Å². The average molecular weight is 259 g/mol. The zero-order valence-corrected chi connectivity index (χ0v) is 11.5. The lowest BCUT2D eigenvalue weighted by molar-refractivity contribution is 0.621. The third kappa shape index (κ3) is 3.12. The lowest BCUT2D eigenvalue weighted by atomic mass is 10.1. The molecule has 1 atom stereocenters. The van der Waals surface area contributed by atoms with Crippen molar-refractivity contribution in [2.45, 2.75) is 39.2 Å². The number of nitrogens with two attached hydrogens (primary N) is 1. The highest BCUT2D eigenvalue weighted by atomic mass is 15.3. The molecule has 0 saturated heterocycles. The number of hydrazine groups is 1. The molecule has 0 amide bonds. The van der Waals surface area contributed by atoms with Gasteiger partial charge in [0.2, 0.25) is 5.95 Å². The monoisotopic (exact) mass is 259 g/mol. The van der Waals surface area contributed by atoms with Gasteiger partial charge in [0.15, 0.2) is 0 Å². The Balaban J connectivity index is 2.39. The van der Waals surface area contributed by atoms with Crippen LogP contribution in [-0.2, 0) is 0 Å². The van der Waals surface area contributed by atoms with E-state index in [1.165, 1.54) is 0 Å². The number of nitrogens with one attached hydrogen (secondary N) is 2. The molecule has 1 aromatic carbocycles. The summed E-state index contributed by atoms with van der Waals surface area (Å²) in [7, 11) is 0. The second-order valence-electron chi connectivity index (χ2n) is 4.60. The summed E-state index contributed by atoms with van der Waals surface area (Å²) in [6.07, 6.45) is 3.34. The lowest BCUT2D eigenvalue weighted by Crippen LogP contribution is -2.20. The number of hydrogen-bond acceptors (Lipinski definition) is 5. The van der Waals surface area contributed by atoms with Gasteiger partial charge in [0.05, 0.1) is 5.52 Å². The third-order valence-electron chi connectivity index (χ3n) is 3.20. The summed E-state index contributed by atoms with van der Waals surface area (Å²) in [5.74, 6) is 6.71. The number of benzene rings is 1. The van der Waals surface area contributed by atoms with Gasteiger partial charge in [-0.1, -0.05) is 32.4 Å². The molecule has 0 aliphatic carbocycles. The second-order valence-corrected chi connectivity index (χ2v) is 4.60. The van der Waals surface area contributed by atoms with Gasteiger partial charge in [-0.3, -0.25) is 5.43 Å². The zero-order valence-electron chi connectivity index (χ0n) is 11.5. The fourth-order valence-corrected chi connectivity index (χ4v) is 2.17. The van der Waals surface area contributed by atoms with Crippen LogP contribution in [0.5, 0.6) is 0 Å². The second kappa shape index (κ2) is 6.33. The molecule has 0 fully saturated rings. The van der Waals surface area contributed by atoms with Crippen molar-refractivity contribution in [2.24, 2.45) is 5.84 Å². The summed E-state index contributed by atoms with van der Waals surface area (Å²) in [5.41, 5.74) is 3.41. The standard InChI is InChI=1S/C14H21N5/c1-3-7-10(4-2)16-13-11-8-5-6-9-12(11)17-14(18-13)19-15/h5-6,8-10H,3-4,7,15H2,1-2H3,(H2,16,17,18,19). The first-order valence-electron chi connectivity index (χ1n) is 6.78. The highest BCUT2D eigenvalue weighted by Crippen LogP contribution is 2.23. The molecule has 19 heavy (non-hydrogen) atoms. The maximum Gasteiger partial charge on any atom is 0.239 e. The van der Waals surface area contributed by atoms with Crippen LogP contribution in [0.1, 0.15) is 33.1 Å². The first-order chi connectivity index (χ1) is 9.28. The van der Waals surface area contributed by atoms with Crippen molar-refractivity contribution in [1.82, 2.24) is 9.97 Å². The summed E-state index contributed by atoms with van der Waals surface area (Å²) < 4.78 is 0. The van der Waals surface area contributed by atoms with Crippen LogP contribution >= 0.6 is 0 Å². The summed E-state index contributed by atoms with van der Waals surface area (Å²) in [6.45, 7) is 4.37. The van der Waals surface area contributed by atoms with Crippen LogP contribution in [0.3, 0.4) is 0 Å². The van der Waals surface area contributed by atoms with Crippen LogP contribution in [-0.4, -0.2) is 16.0 Å². The van der Waals surface area contributed by atoms with Crippen LogP contribution in [0.4, 0.5) is 11.8 Å². The number of para-hydroxylation sites is 1. The van der Waals surface area contributed by atoms with E-state index in [0.29, 0.717) is 12.0 Å². The fraction of sp³-hybridized carbons (Fsp3) is 0.429. The normalized spacial score (nSPS) is 12.4. The maximum atomic E-state index is 5.43. The molecule has 102 valence electrons. The van der Waals surface area contributed by atoms with Gasteiger partial charge in [0.25, 0.3) is 0 Å². The molecule has 0 bridgehead atoms. The highest BCUT2D eigenvalue weighted by molar-refractivity contribution is 5.90. The number of anilines is 2. The lowest BCUT2D eigenvalue weighted by Gasteiger charge is -2.18. The van der Waals surface area contributed by atoms with Crippen molar-refractivity contribution in [2.75, 3.05) is 10.7 Å². The van der Waals surface area contributed by atoms with Gasteiger partial charge in [-0.15, -0.1) is 0 Å². The van der Waals surface area contributed by atoms with E-state index in [2.05, 4.69) is 34.6 Å². The Morgan fingerprint density at radius 2 is 2.00 bits per heavy atom. The van der Waals surface area contributed by atoms with Crippen LogP contribution in [0.2, 0.25) is 0 Å². The first kappa shape index (κ1) is 13.5. The van der Waals surface area contributed by atoms with Gasteiger partial charge in [-0.25, -0.2) is 10.8 Å². The Labute approximate surface area is 113 Å². The Bertz CT molecular complexity index is 540. The van der Waals surface area contributed by atoms with Crippen LogP contribution in [0.15, 0.2) is 24.3 Å². The topological polar surface area (TPSA) is 75.9 Å². The van der Waals surface area contributed by atoms with Gasteiger partial charge in [-0.05, 0) is 25.0 Å². The Hall–Kier alpha value is -1.88. The Morgan fingerprint density at radius 3 is 2.68 bits per heavy atom. The molecule has 0 aliphatic heterocycles. The third-order valence-corrected chi connectivity index (χ3v) is 3.20. The largest absolute Gasteiger partial charge is 0.367 e. The van der Waals surface area contributed by atoms with E-state index in [1.807, 2.05) is 24.3 Å². The molecule has 0 aliphatic rings. The molecule has 4 N–H and O–H groups in total.